The smallest absolute Gasteiger partial charge is 0.161 e. The Labute approximate surface area is 188 Å². The third kappa shape index (κ3) is 3.45. The van der Waals surface area contributed by atoms with Gasteiger partial charge < -0.3 is 19.8 Å². The summed E-state index contributed by atoms with van der Waals surface area (Å²) in [7, 11) is 0. The second kappa shape index (κ2) is 8.03. The molecule has 32 heavy (non-hydrogen) atoms. The van der Waals surface area contributed by atoms with E-state index in [2.05, 4.69) is 77.9 Å². The highest BCUT2D eigenvalue weighted by molar-refractivity contribution is 5.89. The fourth-order valence-electron chi connectivity index (χ4n) is 5.17. The zero-order valence-corrected chi connectivity index (χ0v) is 18.4. The second-order valence-corrected chi connectivity index (χ2v) is 8.88. The van der Waals surface area contributed by atoms with Crippen molar-refractivity contribution in [2.24, 2.45) is 0 Å². The first-order chi connectivity index (χ1) is 15.8. The van der Waals surface area contributed by atoms with Gasteiger partial charge in [-0.2, -0.15) is 0 Å². The van der Waals surface area contributed by atoms with Crippen LogP contribution >= 0.6 is 0 Å². The molecular formula is C28H28N2O2. The first kappa shape index (κ1) is 19.4. The Balaban J connectivity index is 1.33. The van der Waals surface area contributed by atoms with E-state index >= 15 is 0 Å². The number of rotatable bonds is 4. The molecule has 1 aromatic heterocycles. The summed E-state index contributed by atoms with van der Waals surface area (Å²) in [5.41, 5.74) is 7.74. The van der Waals surface area contributed by atoms with Gasteiger partial charge >= 0.3 is 0 Å². The van der Waals surface area contributed by atoms with Crippen LogP contribution in [0.3, 0.4) is 0 Å². The van der Waals surface area contributed by atoms with Gasteiger partial charge in [0.05, 0.1) is 0 Å². The molecule has 2 N–H and O–H groups in total. The van der Waals surface area contributed by atoms with E-state index in [1.807, 2.05) is 6.07 Å². The topological polar surface area (TPSA) is 46.3 Å². The van der Waals surface area contributed by atoms with Crippen LogP contribution in [0.25, 0.3) is 22.0 Å². The molecular weight excluding hydrogens is 396 g/mol. The molecule has 0 saturated heterocycles. The minimum absolute atomic E-state index is 0.312. The van der Waals surface area contributed by atoms with Crippen LogP contribution < -0.4 is 14.8 Å². The minimum atomic E-state index is 0.312. The maximum absolute atomic E-state index is 5.80. The minimum Gasteiger partial charge on any atom is -0.486 e. The Hall–Kier alpha value is -3.24. The van der Waals surface area contributed by atoms with Crippen molar-refractivity contribution >= 4 is 10.9 Å². The van der Waals surface area contributed by atoms with Gasteiger partial charge in [-0.05, 0) is 72.7 Å². The van der Waals surface area contributed by atoms with Crippen molar-refractivity contribution in [2.45, 2.75) is 38.3 Å². The summed E-state index contributed by atoms with van der Waals surface area (Å²) in [5, 5.41) is 5.21. The number of aromatic amines is 1. The molecule has 4 aromatic rings. The molecule has 0 amide bonds. The van der Waals surface area contributed by atoms with Gasteiger partial charge in [-0.3, -0.25) is 0 Å². The van der Waals surface area contributed by atoms with Crippen LogP contribution in [0.5, 0.6) is 11.5 Å². The normalized spacial score (nSPS) is 18.3. The number of benzene rings is 3. The van der Waals surface area contributed by atoms with E-state index < -0.39 is 0 Å². The van der Waals surface area contributed by atoms with Crippen LogP contribution in [0.4, 0.5) is 0 Å². The number of nitrogens with one attached hydrogen (secondary N) is 2. The van der Waals surface area contributed by atoms with Gasteiger partial charge in [0.15, 0.2) is 11.5 Å². The van der Waals surface area contributed by atoms with E-state index in [-0.39, 0.29) is 0 Å². The summed E-state index contributed by atoms with van der Waals surface area (Å²) < 4.78 is 11.5. The van der Waals surface area contributed by atoms with Gasteiger partial charge in [0, 0.05) is 28.7 Å². The quantitative estimate of drug-likeness (QED) is 0.402. The van der Waals surface area contributed by atoms with Gasteiger partial charge in [-0.1, -0.05) is 42.5 Å². The summed E-state index contributed by atoms with van der Waals surface area (Å²) in [6.45, 7) is 3.48. The molecule has 0 unspecified atom stereocenters. The van der Waals surface area contributed by atoms with Crippen LogP contribution in [0.2, 0.25) is 0 Å². The zero-order chi connectivity index (χ0) is 21.5. The summed E-state index contributed by atoms with van der Waals surface area (Å²) in [5.74, 6) is 1.67. The standard InChI is InChI=1S/C28H28N2O2/c1-18(19-6-3-2-4-7-19)29-25-9-5-8-22-23-16-20(10-12-24(23)30-28(22)25)21-11-13-26-27(17-21)32-15-14-31-26/h2-4,6-7,10-13,16-18,25,29-30H,5,8-9,14-15H2,1H3/t18-,25-/m1/s1. The van der Waals surface area contributed by atoms with Crippen LogP contribution in [0.15, 0.2) is 66.7 Å². The van der Waals surface area contributed by atoms with Gasteiger partial charge in [0.2, 0.25) is 0 Å². The molecule has 162 valence electrons. The Morgan fingerprint density at radius 3 is 2.56 bits per heavy atom. The lowest BCUT2D eigenvalue weighted by molar-refractivity contribution is 0.171. The lowest BCUT2D eigenvalue weighted by Crippen LogP contribution is -2.27. The number of hydrogen-bond acceptors (Lipinski definition) is 3. The first-order valence-corrected chi connectivity index (χ1v) is 11.6. The highest BCUT2D eigenvalue weighted by Crippen LogP contribution is 2.39. The average molecular weight is 425 g/mol. The first-order valence-electron chi connectivity index (χ1n) is 11.6. The second-order valence-electron chi connectivity index (χ2n) is 8.88. The molecule has 2 aliphatic rings. The van der Waals surface area contributed by atoms with Gasteiger partial charge in [-0.15, -0.1) is 0 Å². The molecule has 0 bridgehead atoms. The molecule has 2 heterocycles. The van der Waals surface area contributed by atoms with Gasteiger partial charge in [0.25, 0.3) is 0 Å². The Bertz CT molecular complexity index is 1260. The fraction of sp³-hybridized carbons (Fsp3) is 0.286. The van der Waals surface area contributed by atoms with Crippen molar-refractivity contribution < 1.29 is 9.47 Å². The van der Waals surface area contributed by atoms with Crippen molar-refractivity contribution in [1.82, 2.24) is 10.3 Å². The highest BCUT2D eigenvalue weighted by Gasteiger charge is 2.26. The van der Waals surface area contributed by atoms with E-state index in [0.29, 0.717) is 25.3 Å². The van der Waals surface area contributed by atoms with Crippen LogP contribution in [-0.4, -0.2) is 18.2 Å². The van der Waals surface area contributed by atoms with E-state index in [1.165, 1.54) is 39.7 Å². The molecule has 4 heteroatoms. The molecule has 0 spiro atoms. The lowest BCUT2D eigenvalue weighted by Gasteiger charge is -2.27. The number of H-pyrrole nitrogens is 1. The highest BCUT2D eigenvalue weighted by atomic mass is 16.6. The van der Waals surface area contributed by atoms with Crippen LogP contribution in [-0.2, 0) is 6.42 Å². The predicted molar refractivity (Wildman–Crippen MR) is 128 cm³/mol. The summed E-state index contributed by atoms with van der Waals surface area (Å²) in [6.07, 6.45) is 3.48. The molecule has 6 rings (SSSR count). The van der Waals surface area contributed by atoms with E-state index in [1.54, 1.807) is 0 Å². The van der Waals surface area contributed by atoms with Crippen LogP contribution in [0.1, 0.15) is 48.7 Å². The summed E-state index contributed by atoms with van der Waals surface area (Å²) in [4.78, 5) is 3.74. The average Bonchev–Trinajstić information content (AvgIpc) is 3.23. The molecule has 0 saturated carbocycles. The van der Waals surface area contributed by atoms with Gasteiger partial charge in [-0.25, -0.2) is 0 Å². The SMILES string of the molecule is C[C@@H](N[C@@H]1CCCc2c1[nH]c1ccc(-c3ccc4c(c3)OCCO4)cc21)c1ccccc1. The molecule has 2 atom stereocenters. The summed E-state index contributed by atoms with van der Waals surface area (Å²) >= 11 is 0. The fourth-order valence-corrected chi connectivity index (χ4v) is 5.17. The van der Waals surface area contributed by atoms with E-state index in [4.69, 9.17) is 9.47 Å². The molecule has 1 aliphatic carbocycles. The van der Waals surface area contributed by atoms with Crippen molar-refractivity contribution in [3.63, 3.8) is 0 Å². The number of aromatic nitrogens is 1. The van der Waals surface area contributed by atoms with E-state index in [0.717, 1.165) is 29.9 Å². The lowest BCUT2D eigenvalue weighted by atomic mass is 9.90. The summed E-state index contributed by atoms with van der Waals surface area (Å²) in [6, 6.07) is 24.4. The van der Waals surface area contributed by atoms with Gasteiger partial charge in [0.1, 0.15) is 13.2 Å². The zero-order valence-electron chi connectivity index (χ0n) is 18.4. The Morgan fingerprint density at radius 2 is 1.69 bits per heavy atom. The third-order valence-corrected chi connectivity index (χ3v) is 6.83. The molecule has 0 fully saturated rings. The predicted octanol–water partition coefficient (Wildman–Crippen LogP) is 6.33. The van der Waals surface area contributed by atoms with Crippen molar-refractivity contribution in [3.8, 4) is 22.6 Å². The van der Waals surface area contributed by atoms with Crippen LogP contribution in [0, 0.1) is 0 Å². The molecule has 1 aliphatic heterocycles. The number of ether oxygens (including phenoxy) is 2. The molecule has 0 radical (unpaired) electrons. The maximum Gasteiger partial charge on any atom is 0.161 e. The van der Waals surface area contributed by atoms with E-state index in [9.17, 15) is 0 Å². The molecule has 4 nitrogen and oxygen atoms in total. The number of aryl methyl sites for hydroxylation is 1. The Morgan fingerprint density at radius 1 is 0.906 bits per heavy atom. The van der Waals surface area contributed by atoms with Crippen molar-refractivity contribution in [1.29, 1.82) is 0 Å². The maximum atomic E-state index is 5.80. The van der Waals surface area contributed by atoms with Crippen molar-refractivity contribution in [3.05, 3.63) is 83.6 Å². The number of hydrogen-bond donors (Lipinski definition) is 2. The third-order valence-electron chi connectivity index (χ3n) is 6.83. The largest absolute Gasteiger partial charge is 0.486 e. The Kier molecular flexibility index (Phi) is 4.88. The number of fused-ring (bicyclic) bond motifs is 4. The molecule has 3 aromatic carbocycles. The monoisotopic (exact) mass is 424 g/mol. The van der Waals surface area contributed by atoms with Crippen molar-refractivity contribution in [2.75, 3.05) is 13.2 Å².